The van der Waals surface area contributed by atoms with Crippen molar-refractivity contribution >= 4 is 5.91 Å². The van der Waals surface area contributed by atoms with Crippen molar-refractivity contribution < 1.29 is 14.3 Å². The van der Waals surface area contributed by atoms with Crippen LogP contribution in [0.5, 0.6) is 11.5 Å². The highest BCUT2D eigenvalue weighted by Crippen LogP contribution is 2.35. The lowest BCUT2D eigenvalue weighted by Gasteiger charge is -2.30. The molecule has 5 nitrogen and oxygen atoms in total. The summed E-state index contributed by atoms with van der Waals surface area (Å²) in [6, 6.07) is 13.7. The van der Waals surface area contributed by atoms with Crippen LogP contribution in [0, 0.1) is 0 Å². The topological polar surface area (TPSA) is 50.8 Å². The van der Waals surface area contributed by atoms with E-state index in [1.165, 1.54) is 11.1 Å². The third kappa shape index (κ3) is 3.68. The van der Waals surface area contributed by atoms with E-state index in [0.717, 1.165) is 29.9 Å². The van der Waals surface area contributed by atoms with Gasteiger partial charge in [-0.15, -0.1) is 0 Å². The molecule has 1 N–H and O–H groups in total. The first-order valence-corrected chi connectivity index (χ1v) is 8.94. The molecule has 0 bridgehead atoms. The number of amides is 1. The van der Waals surface area contributed by atoms with E-state index in [0.29, 0.717) is 13.1 Å². The maximum atomic E-state index is 12.9. The number of nitrogens with zero attached hydrogens (tertiary/aromatic N) is 1. The molecule has 0 radical (unpaired) electrons. The number of hydrogen-bond acceptors (Lipinski definition) is 4. The lowest BCUT2D eigenvalue weighted by Crippen LogP contribution is -2.37. The Morgan fingerprint density at radius 3 is 2.42 bits per heavy atom. The number of carbonyl (C=O) groups is 1. The minimum atomic E-state index is 0.0874. The maximum Gasteiger partial charge on any atom is 0.253 e. The van der Waals surface area contributed by atoms with Gasteiger partial charge in [0, 0.05) is 24.7 Å². The summed E-state index contributed by atoms with van der Waals surface area (Å²) < 4.78 is 10.9. The van der Waals surface area contributed by atoms with Gasteiger partial charge in [0.2, 0.25) is 0 Å². The van der Waals surface area contributed by atoms with E-state index in [2.05, 4.69) is 11.4 Å². The second-order valence-electron chi connectivity index (χ2n) is 6.44. The molecule has 2 aromatic carbocycles. The summed E-state index contributed by atoms with van der Waals surface area (Å²) in [4.78, 5) is 14.8. The van der Waals surface area contributed by atoms with Crippen molar-refractivity contribution in [2.24, 2.45) is 0 Å². The highest BCUT2D eigenvalue weighted by atomic mass is 16.5. The zero-order valence-corrected chi connectivity index (χ0v) is 15.6. The summed E-state index contributed by atoms with van der Waals surface area (Å²) in [6.45, 7) is 1.40. The van der Waals surface area contributed by atoms with Crippen LogP contribution in [0.15, 0.2) is 42.5 Å². The van der Waals surface area contributed by atoms with Crippen LogP contribution in [-0.2, 0) is 6.42 Å². The SMILES string of the molecule is CNC1CCN(C(=O)c2ccccc2)CCc2cc(OC)c(OC)cc21. The third-order valence-electron chi connectivity index (χ3n) is 5.02. The number of carbonyl (C=O) groups excluding carboxylic acids is 1. The highest BCUT2D eigenvalue weighted by molar-refractivity contribution is 5.94. The van der Waals surface area contributed by atoms with Crippen molar-refractivity contribution in [1.29, 1.82) is 0 Å². The fourth-order valence-electron chi connectivity index (χ4n) is 3.55. The Balaban J connectivity index is 1.90. The predicted molar refractivity (Wildman–Crippen MR) is 102 cm³/mol. The van der Waals surface area contributed by atoms with Gasteiger partial charge in [-0.25, -0.2) is 0 Å². The monoisotopic (exact) mass is 354 g/mol. The molecule has 0 aliphatic carbocycles. The molecule has 1 aliphatic rings. The van der Waals surface area contributed by atoms with Crippen LogP contribution in [0.3, 0.4) is 0 Å². The molecule has 1 atom stereocenters. The van der Waals surface area contributed by atoms with Gasteiger partial charge in [-0.1, -0.05) is 18.2 Å². The largest absolute Gasteiger partial charge is 0.493 e. The molecule has 1 unspecified atom stereocenters. The molecule has 1 aliphatic heterocycles. The van der Waals surface area contributed by atoms with Gasteiger partial charge in [-0.05, 0) is 55.3 Å². The van der Waals surface area contributed by atoms with E-state index < -0.39 is 0 Å². The molecule has 138 valence electrons. The number of hydrogen-bond donors (Lipinski definition) is 1. The number of rotatable bonds is 4. The number of nitrogens with one attached hydrogen (secondary N) is 1. The van der Waals surface area contributed by atoms with E-state index in [4.69, 9.17) is 9.47 Å². The average molecular weight is 354 g/mol. The lowest BCUT2D eigenvalue weighted by molar-refractivity contribution is 0.0747. The van der Waals surface area contributed by atoms with E-state index in [-0.39, 0.29) is 11.9 Å². The Morgan fingerprint density at radius 2 is 1.77 bits per heavy atom. The van der Waals surface area contributed by atoms with E-state index in [9.17, 15) is 4.79 Å². The molecule has 1 heterocycles. The maximum absolute atomic E-state index is 12.9. The molecule has 1 amide bonds. The van der Waals surface area contributed by atoms with Gasteiger partial charge >= 0.3 is 0 Å². The predicted octanol–water partition coefficient (Wildman–Crippen LogP) is 3.05. The Kier molecular flexibility index (Phi) is 5.78. The summed E-state index contributed by atoms with van der Waals surface area (Å²) in [7, 11) is 5.26. The van der Waals surface area contributed by atoms with Crippen molar-refractivity contribution in [3.05, 3.63) is 59.2 Å². The van der Waals surface area contributed by atoms with E-state index in [1.807, 2.05) is 48.3 Å². The summed E-state index contributed by atoms with van der Waals surface area (Å²) in [5.41, 5.74) is 3.14. The van der Waals surface area contributed by atoms with Gasteiger partial charge in [-0.2, -0.15) is 0 Å². The van der Waals surface area contributed by atoms with E-state index in [1.54, 1.807) is 14.2 Å². The highest BCUT2D eigenvalue weighted by Gasteiger charge is 2.24. The minimum Gasteiger partial charge on any atom is -0.493 e. The zero-order chi connectivity index (χ0) is 18.5. The quantitative estimate of drug-likeness (QED) is 0.917. The molecule has 3 rings (SSSR count). The molecular formula is C21H26N2O3. The standard InChI is InChI=1S/C21H26N2O3/c1-22-18-10-12-23(21(24)15-7-5-4-6-8-15)11-9-16-13-19(25-2)20(26-3)14-17(16)18/h4-8,13-14,18,22H,9-12H2,1-3H3. The smallest absolute Gasteiger partial charge is 0.253 e. The Labute approximate surface area is 154 Å². The van der Waals surface area contributed by atoms with E-state index >= 15 is 0 Å². The second kappa shape index (κ2) is 8.23. The molecule has 0 aromatic heterocycles. The van der Waals surface area contributed by atoms with Crippen molar-refractivity contribution in [1.82, 2.24) is 10.2 Å². The Bertz CT molecular complexity index is 761. The lowest BCUT2D eigenvalue weighted by atomic mass is 9.93. The summed E-state index contributed by atoms with van der Waals surface area (Å²) >= 11 is 0. The fourth-order valence-corrected chi connectivity index (χ4v) is 3.55. The molecule has 0 saturated heterocycles. The second-order valence-corrected chi connectivity index (χ2v) is 6.44. The molecule has 2 aromatic rings. The fraction of sp³-hybridized carbons (Fsp3) is 0.381. The first kappa shape index (κ1) is 18.3. The number of benzene rings is 2. The van der Waals surface area contributed by atoms with Crippen molar-refractivity contribution in [3.63, 3.8) is 0 Å². The Morgan fingerprint density at radius 1 is 1.08 bits per heavy atom. The van der Waals surface area contributed by atoms with Crippen LogP contribution in [0.1, 0.15) is 33.9 Å². The summed E-state index contributed by atoms with van der Waals surface area (Å²) in [5, 5.41) is 3.38. The van der Waals surface area contributed by atoms with Gasteiger partial charge in [0.25, 0.3) is 5.91 Å². The van der Waals surface area contributed by atoms with Gasteiger partial charge in [0.1, 0.15) is 0 Å². The number of methoxy groups -OCH3 is 2. The summed E-state index contributed by atoms with van der Waals surface area (Å²) in [5.74, 6) is 1.55. The molecule has 5 heteroatoms. The zero-order valence-electron chi connectivity index (χ0n) is 15.6. The van der Waals surface area contributed by atoms with Gasteiger partial charge in [-0.3, -0.25) is 4.79 Å². The average Bonchev–Trinajstić information content (AvgIpc) is 2.68. The molecule has 0 spiro atoms. The number of ether oxygens (including phenoxy) is 2. The molecule has 0 fully saturated rings. The first-order valence-electron chi connectivity index (χ1n) is 8.94. The Hall–Kier alpha value is -2.53. The van der Waals surface area contributed by atoms with Gasteiger partial charge < -0.3 is 19.7 Å². The molecule has 26 heavy (non-hydrogen) atoms. The van der Waals surface area contributed by atoms with Gasteiger partial charge in [0.15, 0.2) is 11.5 Å². The third-order valence-corrected chi connectivity index (χ3v) is 5.02. The normalized spacial score (nSPS) is 17.0. The van der Waals surface area contributed by atoms with Crippen LogP contribution in [0.25, 0.3) is 0 Å². The van der Waals surface area contributed by atoms with Crippen LogP contribution >= 0.6 is 0 Å². The molecule has 0 saturated carbocycles. The van der Waals surface area contributed by atoms with Crippen molar-refractivity contribution in [2.75, 3.05) is 34.4 Å². The van der Waals surface area contributed by atoms with Crippen LogP contribution in [-0.4, -0.2) is 45.2 Å². The van der Waals surface area contributed by atoms with Crippen LogP contribution in [0.4, 0.5) is 0 Å². The van der Waals surface area contributed by atoms with Gasteiger partial charge in [0.05, 0.1) is 14.2 Å². The molecular weight excluding hydrogens is 328 g/mol. The summed E-state index contributed by atoms with van der Waals surface area (Å²) in [6.07, 6.45) is 1.63. The van der Waals surface area contributed by atoms with Crippen LogP contribution in [0.2, 0.25) is 0 Å². The number of fused-ring (bicyclic) bond motifs is 1. The van der Waals surface area contributed by atoms with Crippen LogP contribution < -0.4 is 14.8 Å². The van der Waals surface area contributed by atoms with Crippen molar-refractivity contribution in [3.8, 4) is 11.5 Å². The van der Waals surface area contributed by atoms with Crippen molar-refractivity contribution in [2.45, 2.75) is 18.9 Å². The minimum absolute atomic E-state index is 0.0874. The first-order chi connectivity index (χ1) is 12.7.